The highest BCUT2D eigenvalue weighted by Gasteiger charge is 2.57. The number of nitrogens with zero attached hydrogens (tertiary/aromatic N) is 1. The van der Waals surface area contributed by atoms with Gasteiger partial charge in [-0.2, -0.15) is 0 Å². The van der Waals surface area contributed by atoms with Crippen molar-refractivity contribution in [1.29, 1.82) is 0 Å². The maximum absolute atomic E-state index is 13.2. The van der Waals surface area contributed by atoms with Gasteiger partial charge in [0.15, 0.2) is 0 Å². The fourth-order valence-corrected chi connectivity index (χ4v) is 5.95. The molecule has 0 spiro atoms. The third-order valence-corrected chi connectivity index (χ3v) is 7.78. The summed E-state index contributed by atoms with van der Waals surface area (Å²) in [6.07, 6.45) is 1.21. The van der Waals surface area contributed by atoms with Gasteiger partial charge >= 0.3 is 12.1 Å². The summed E-state index contributed by atoms with van der Waals surface area (Å²) in [5, 5.41) is 5.54. The summed E-state index contributed by atoms with van der Waals surface area (Å²) in [7, 11) is 0. The van der Waals surface area contributed by atoms with Gasteiger partial charge in [0.1, 0.15) is 24.8 Å². The maximum atomic E-state index is 13.2. The lowest BCUT2D eigenvalue weighted by atomic mass is 9.87. The van der Waals surface area contributed by atoms with Crippen LogP contribution in [0.5, 0.6) is 0 Å². The second-order valence-electron chi connectivity index (χ2n) is 9.91. The zero-order valence-electron chi connectivity index (χ0n) is 21.3. The van der Waals surface area contributed by atoms with Gasteiger partial charge in [0.2, 0.25) is 11.8 Å². The van der Waals surface area contributed by atoms with Crippen LogP contribution < -0.4 is 10.6 Å². The third kappa shape index (κ3) is 4.42. The monoisotopic (exact) mass is 517 g/mol. The van der Waals surface area contributed by atoms with E-state index in [1.165, 1.54) is 11.0 Å². The molecule has 3 atom stereocenters. The number of carbonyl (C=O) groups excluding carboxylic acids is 4. The van der Waals surface area contributed by atoms with Crippen LogP contribution in [-0.4, -0.2) is 66.2 Å². The number of hydrogen-bond donors (Lipinski definition) is 2. The first-order valence-electron chi connectivity index (χ1n) is 12.9. The number of rotatable bonds is 8. The van der Waals surface area contributed by atoms with Crippen LogP contribution in [0, 0.1) is 0 Å². The van der Waals surface area contributed by atoms with Gasteiger partial charge in [0.05, 0.1) is 12.5 Å². The van der Waals surface area contributed by atoms with E-state index in [9.17, 15) is 19.2 Å². The molecule has 9 nitrogen and oxygen atoms in total. The Bertz CT molecular complexity index is 1250. The minimum absolute atomic E-state index is 0.0302. The molecule has 2 saturated heterocycles. The standard InChI is InChI=1S/C29H31N3O6/c1-3-13-37-25(33)14-24-26(34)32-16-18(15-29(32,4-2)27(35)31-24)30-28(36)38-17-23-21-11-7-5-9-19(21)20-10-6-8-12-22(20)23/h3,5-12,18,23-24H,1,4,13-17H2,2H3,(H,30,36)(H,31,35)/t18-,24-,29-/m0/s1. The van der Waals surface area contributed by atoms with E-state index in [1.54, 1.807) is 0 Å². The summed E-state index contributed by atoms with van der Waals surface area (Å²) in [6.45, 7) is 5.67. The van der Waals surface area contributed by atoms with Crippen molar-refractivity contribution in [2.24, 2.45) is 0 Å². The summed E-state index contributed by atoms with van der Waals surface area (Å²) >= 11 is 0. The second kappa shape index (κ2) is 10.3. The number of carbonyl (C=O) groups is 4. The van der Waals surface area contributed by atoms with Crippen molar-refractivity contribution < 1.29 is 28.7 Å². The molecule has 198 valence electrons. The number of nitrogens with one attached hydrogen (secondary N) is 2. The van der Waals surface area contributed by atoms with Gasteiger partial charge in [0.25, 0.3) is 0 Å². The molecule has 3 aliphatic rings. The lowest BCUT2D eigenvalue weighted by molar-refractivity contribution is -0.157. The summed E-state index contributed by atoms with van der Waals surface area (Å²) in [6, 6.07) is 14.7. The van der Waals surface area contributed by atoms with Crippen LogP contribution in [0.25, 0.3) is 11.1 Å². The van der Waals surface area contributed by atoms with E-state index in [4.69, 9.17) is 9.47 Å². The fourth-order valence-electron chi connectivity index (χ4n) is 5.95. The number of hydrogen-bond acceptors (Lipinski definition) is 6. The van der Waals surface area contributed by atoms with Crippen molar-refractivity contribution in [2.75, 3.05) is 19.8 Å². The Labute approximate surface area is 221 Å². The Morgan fingerprint density at radius 1 is 1.11 bits per heavy atom. The van der Waals surface area contributed by atoms with E-state index in [2.05, 4.69) is 41.5 Å². The van der Waals surface area contributed by atoms with E-state index in [0.717, 1.165) is 22.3 Å². The molecular formula is C29H31N3O6. The third-order valence-electron chi connectivity index (χ3n) is 7.78. The largest absolute Gasteiger partial charge is 0.461 e. The molecule has 38 heavy (non-hydrogen) atoms. The molecule has 2 aliphatic heterocycles. The summed E-state index contributed by atoms with van der Waals surface area (Å²) in [5.74, 6) is -1.36. The van der Waals surface area contributed by atoms with E-state index in [0.29, 0.717) is 6.42 Å². The van der Waals surface area contributed by atoms with Gasteiger partial charge in [0, 0.05) is 18.9 Å². The van der Waals surface area contributed by atoms with Crippen LogP contribution in [0.2, 0.25) is 0 Å². The Kier molecular flexibility index (Phi) is 6.93. The summed E-state index contributed by atoms with van der Waals surface area (Å²) < 4.78 is 10.6. The number of amides is 3. The minimum atomic E-state index is -1.08. The maximum Gasteiger partial charge on any atom is 0.407 e. The van der Waals surface area contributed by atoms with Crippen molar-refractivity contribution in [3.8, 4) is 11.1 Å². The Morgan fingerprint density at radius 3 is 2.39 bits per heavy atom. The first-order valence-corrected chi connectivity index (χ1v) is 12.9. The molecular weight excluding hydrogens is 486 g/mol. The highest BCUT2D eigenvalue weighted by Crippen LogP contribution is 2.44. The quantitative estimate of drug-likeness (QED) is 0.411. The molecule has 5 rings (SSSR count). The normalized spacial score (nSPS) is 23.7. The van der Waals surface area contributed by atoms with Crippen LogP contribution in [-0.2, 0) is 23.9 Å². The number of piperazine rings is 1. The number of esters is 1. The molecule has 2 aromatic carbocycles. The number of alkyl carbamates (subject to hydrolysis) is 1. The van der Waals surface area contributed by atoms with Crippen LogP contribution in [0.3, 0.4) is 0 Å². The Balaban J connectivity index is 1.23. The zero-order chi connectivity index (χ0) is 26.9. The van der Waals surface area contributed by atoms with Crippen LogP contribution in [0.1, 0.15) is 43.2 Å². The molecule has 0 aromatic heterocycles. The van der Waals surface area contributed by atoms with Crippen LogP contribution >= 0.6 is 0 Å². The first kappa shape index (κ1) is 25.5. The molecule has 1 aliphatic carbocycles. The Morgan fingerprint density at radius 2 is 1.76 bits per heavy atom. The number of ether oxygens (including phenoxy) is 2. The molecule has 2 fully saturated rings. The predicted octanol–water partition coefficient (Wildman–Crippen LogP) is 2.89. The average molecular weight is 518 g/mol. The molecule has 2 aromatic rings. The smallest absolute Gasteiger partial charge is 0.407 e. The molecule has 0 radical (unpaired) electrons. The van der Waals surface area contributed by atoms with Gasteiger partial charge in [-0.25, -0.2) is 4.79 Å². The molecule has 0 saturated carbocycles. The molecule has 3 amide bonds. The number of benzene rings is 2. The average Bonchev–Trinajstić information content (AvgIpc) is 3.46. The summed E-state index contributed by atoms with van der Waals surface area (Å²) in [5.41, 5.74) is 3.43. The van der Waals surface area contributed by atoms with Gasteiger partial charge < -0.3 is 25.0 Å². The SMILES string of the molecule is C=CCOC(=O)C[C@@H]1NC(=O)[C@]2(CC)C[C@H](NC(=O)OCC3c4ccccc4-c4ccccc43)CN2C1=O. The molecule has 0 bridgehead atoms. The van der Waals surface area contributed by atoms with Gasteiger partial charge in [-0.15, -0.1) is 0 Å². The van der Waals surface area contributed by atoms with Crippen molar-refractivity contribution in [3.63, 3.8) is 0 Å². The Hall–Kier alpha value is -4.14. The minimum Gasteiger partial charge on any atom is -0.461 e. The van der Waals surface area contributed by atoms with Crippen molar-refractivity contribution in [3.05, 3.63) is 72.3 Å². The predicted molar refractivity (Wildman–Crippen MR) is 139 cm³/mol. The molecule has 0 unspecified atom stereocenters. The zero-order valence-corrected chi connectivity index (χ0v) is 21.3. The van der Waals surface area contributed by atoms with E-state index in [-0.39, 0.29) is 50.3 Å². The van der Waals surface area contributed by atoms with E-state index in [1.807, 2.05) is 31.2 Å². The highest BCUT2D eigenvalue weighted by molar-refractivity contribution is 6.02. The molecule has 2 heterocycles. The molecule has 9 heteroatoms. The first-order chi connectivity index (χ1) is 18.4. The lowest BCUT2D eigenvalue weighted by Crippen LogP contribution is -2.68. The lowest BCUT2D eigenvalue weighted by Gasteiger charge is -2.43. The van der Waals surface area contributed by atoms with E-state index < -0.39 is 29.7 Å². The van der Waals surface area contributed by atoms with Crippen LogP contribution in [0.4, 0.5) is 4.79 Å². The van der Waals surface area contributed by atoms with Gasteiger partial charge in [-0.05, 0) is 28.7 Å². The van der Waals surface area contributed by atoms with Crippen molar-refractivity contribution in [2.45, 2.75) is 49.7 Å². The molecule has 2 N–H and O–H groups in total. The fraction of sp³-hybridized carbons (Fsp3) is 0.379. The second-order valence-corrected chi connectivity index (χ2v) is 9.91. The van der Waals surface area contributed by atoms with Crippen LogP contribution in [0.15, 0.2) is 61.2 Å². The van der Waals surface area contributed by atoms with Crippen molar-refractivity contribution >= 4 is 23.9 Å². The summed E-state index contributed by atoms with van der Waals surface area (Å²) in [4.78, 5) is 52.7. The highest BCUT2D eigenvalue weighted by atomic mass is 16.5. The van der Waals surface area contributed by atoms with Crippen molar-refractivity contribution in [1.82, 2.24) is 15.5 Å². The van der Waals surface area contributed by atoms with Gasteiger partial charge in [-0.3, -0.25) is 14.4 Å². The topological polar surface area (TPSA) is 114 Å². The van der Waals surface area contributed by atoms with Gasteiger partial charge in [-0.1, -0.05) is 68.1 Å². The number of fused-ring (bicyclic) bond motifs is 4. The van der Waals surface area contributed by atoms with E-state index >= 15 is 0 Å².